The summed E-state index contributed by atoms with van der Waals surface area (Å²) in [6, 6.07) is 9.25. The Morgan fingerprint density at radius 3 is 2.44 bits per heavy atom. The van der Waals surface area contributed by atoms with Crippen LogP contribution in [0, 0.1) is 26.7 Å². The number of carbonyl (C=O) groups is 2. The third-order valence-electron chi connectivity index (χ3n) is 4.87. The highest BCUT2D eigenvalue weighted by Crippen LogP contribution is 2.33. The van der Waals surface area contributed by atoms with Crippen molar-refractivity contribution < 1.29 is 14.3 Å². The molecule has 2 aromatic carbocycles. The molecule has 27 heavy (non-hydrogen) atoms. The lowest BCUT2D eigenvalue weighted by Gasteiger charge is -2.18. The zero-order valence-electron chi connectivity index (χ0n) is 15.9. The van der Waals surface area contributed by atoms with E-state index in [2.05, 4.69) is 5.32 Å². The molecule has 5 nitrogen and oxygen atoms in total. The molecule has 0 bridgehead atoms. The van der Waals surface area contributed by atoms with Crippen LogP contribution in [0.25, 0.3) is 0 Å². The maximum absolute atomic E-state index is 12.8. The van der Waals surface area contributed by atoms with Crippen LogP contribution in [0.2, 0.25) is 5.02 Å². The van der Waals surface area contributed by atoms with Crippen LogP contribution >= 0.6 is 11.6 Å². The maximum Gasteiger partial charge on any atom is 0.229 e. The summed E-state index contributed by atoms with van der Waals surface area (Å²) in [7, 11) is 1.54. The first-order valence-electron chi connectivity index (χ1n) is 8.82. The quantitative estimate of drug-likeness (QED) is 0.853. The van der Waals surface area contributed by atoms with E-state index in [0.717, 1.165) is 22.4 Å². The highest BCUT2D eigenvalue weighted by Gasteiger charge is 2.35. The van der Waals surface area contributed by atoms with Crippen molar-refractivity contribution in [3.63, 3.8) is 0 Å². The van der Waals surface area contributed by atoms with E-state index >= 15 is 0 Å². The number of anilines is 2. The summed E-state index contributed by atoms with van der Waals surface area (Å²) in [5.74, 6) is -0.0839. The summed E-state index contributed by atoms with van der Waals surface area (Å²) in [6.07, 6.45) is 0.180. The molecule has 1 aliphatic heterocycles. The van der Waals surface area contributed by atoms with Gasteiger partial charge in [0, 0.05) is 24.3 Å². The van der Waals surface area contributed by atoms with Gasteiger partial charge in [0.15, 0.2) is 0 Å². The zero-order chi connectivity index (χ0) is 19.7. The predicted octanol–water partition coefficient (Wildman–Crippen LogP) is 4.27. The van der Waals surface area contributed by atoms with Crippen LogP contribution in [0.1, 0.15) is 23.1 Å². The van der Waals surface area contributed by atoms with Crippen molar-refractivity contribution in [2.45, 2.75) is 27.2 Å². The number of methoxy groups -OCH3 is 1. The van der Waals surface area contributed by atoms with Gasteiger partial charge < -0.3 is 15.0 Å². The minimum Gasteiger partial charge on any atom is -0.495 e. The van der Waals surface area contributed by atoms with Crippen LogP contribution in [0.5, 0.6) is 5.75 Å². The number of amides is 2. The van der Waals surface area contributed by atoms with E-state index in [9.17, 15) is 9.59 Å². The number of aryl methyl sites for hydroxylation is 3. The van der Waals surface area contributed by atoms with Crippen molar-refractivity contribution in [3.05, 3.63) is 52.0 Å². The molecule has 1 N–H and O–H groups in total. The monoisotopic (exact) mass is 386 g/mol. The molecule has 1 heterocycles. The van der Waals surface area contributed by atoms with Gasteiger partial charge in [-0.1, -0.05) is 29.3 Å². The Morgan fingerprint density at radius 1 is 1.19 bits per heavy atom. The average molecular weight is 387 g/mol. The van der Waals surface area contributed by atoms with E-state index in [1.165, 1.54) is 7.11 Å². The SMILES string of the molecule is COc1ccc(N2CC(C(=O)Nc3c(C)cc(C)cc3C)CC2=O)cc1Cl. The fourth-order valence-corrected chi connectivity index (χ4v) is 3.81. The van der Waals surface area contributed by atoms with E-state index in [4.69, 9.17) is 16.3 Å². The Morgan fingerprint density at radius 2 is 1.85 bits per heavy atom. The summed E-state index contributed by atoms with van der Waals surface area (Å²) >= 11 is 6.17. The van der Waals surface area contributed by atoms with Gasteiger partial charge in [-0.05, 0) is 50.1 Å². The fraction of sp³-hybridized carbons (Fsp3) is 0.333. The summed E-state index contributed by atoms with van der Waals surface area (Å²) in [6.45, 7) is 6.30. The van der Waals surface area contributed by atoms with E-state index in [1.54, 1.807) is 23.1 Å². The highest BCUT2D eigenvalue weighted by molar-refractivity contribution is 6.32. The first-order valence-corrected chi connectivity index (χ1v) is 9.20. The molecule has 0 aliphatic carbocycles. The van der Waals surface area contributed by atoms with Gasteiger partial charge in [-0.25, -0.2) is 0 Å². The van der Waals surface area contributed by atoms with Gasteiger partial charge in [0.25, 0.3) is 0 Å². The largest absolute Gasteiger partial charge is 0.495 e. The fourth-order valence-electron chi connectivity index (χ4n) is 3.56. The lowest BCUT2D eigenvalue weighted by Crippen LogP contribution is -2.28. The highest BCUT2D eigenvalue weighted by atomic mass is 35.5. The normalized spacial score (nSPS) is 16.6. The molecule has 1 saturated heterocycles. The Balaban J connectivity index is 1.75. The van der Waals surface area contributed by atoms with Crippen LogP contribution in [0.4, 0.5) is 11.4 Å². The Labute approximate surface area is 164 Å². The van der Waals surface area contributed by atoms with Gasteiger partial charge in [0.05, 0.1) is 18.1 Å². The maximum atomic E-state index is 12.8. The molecule has 142 valence electrons. The Kier molecular flexibility index (Phi) is 5.42. The van der Waals surface area contributed by atoms with E-state index < -0.39 is 5.92 Å². The number of nitrogens with zero attached hydrogens (tertiary/aromatic N) is 1. The number of carbonyl (C=O) groups excluding carboxylic acids is 2. The number of halogens is 1. The molecule has 2 amide bonds. The van der Waals surface area contributed by atoms with Crippen molar-refractivity contribution >= 4 is 34.8 Å². The summed E-state index contributed by atoms with van der Waals surface area (Å²) in [4.78, 5) is 26.8. The second-order valence-corrected chi connectivity index (χ2v) is 7.39. The second-order valence-electron chi connectivity index (χ2n) is 6.99. The summed E-state index contributed by atoms with van der Waals surface area (Å²) in [5.41, 5.74) is 4.68. The minimum absolute atomic E-state index is 0.0891. The number of hydrogen-bond donors (Lipinski definition) is 1. The third-order valence-corrected chi connectivity index (χ3v) is 5.16. The van der Waals surface area contributed by atoms with E-state index in [0.29, 0.717) is 23.0 Å². The summed E-state index contributed by atoms with van der Waals surface area (Å²) in [5, 5.41) is 3.44. The van der Waals surface area contributed by atoms with Crippen LogP contribution in [-0.2, 0) is 9.59 Å². The zero-order valence-corrected chi connectivity index (χ0v) is 16.7. The molecular formula is C21H23ClN2O3. The lowest BCUT2D eigenvalue weighted by atomic mass is 10.0. The number of nitrogens with one attached hydrogen (secondary N) is 1. The molecule has 1 atom stereocenters. The van der Waals surface area contributed by atoms with Crippen LogP contribution in [0.15, 0.2) is 30.3 Å². The van der Waals surface area contributed by atoms with Crippen LogP contribution in [-0.4, -0.2) is 25.5 Å². The number of rotatable bonds is 4. The molecule has 1 aliphatic rings. The molecule has 1 unspecified atom stereocenters. The Bertz CT molecular complexity index is 887. The molecule has 0 radical (unpaired) electrons. The molecule has 2 aromatic rings. The molecule has 6 heteroatoms. The number of ether oxygens (including phenoxy) is 1. The lowest BCUT2D eigenvalue weighted by molar-refractivity contribution is -0.122. The van der Waals surface area contributed by atoms with Crippen molar-refractivity contribution in [1.29, 1.82) is 0 Å². The smallest absolute Gasteiger partial charge is 0.229 e. The van der Waals surface area contributed by atoms with Gasteiger partial charge in [0.2, 0.25) is 11.8 Å². The van der Waals surface area contributed by atoms with Crippen molar-refractivity contribution in [3.8, 4) is 5.75 Å². The summed E-state index contributed by atoms with van der Waals surface area (Å²) < 4.78 is 5.15. The minimum atomic E-state index is -0.404. The van der Waals surface area contributed by atoms with Crippen LogP contribution < -0.4 is 15.0 Å². The predicted molar refractivity (Wildman–Crippen MR) is 108 cm³/mol. The van der Waals surface area contributed by atoms with E-state index in [-0.39, 0.29) is 18.2 Å². The number of hydrogen-bond acceptors (Lipinski definition) is 3. The van der Waals surface area contributed by atoms with Gasteiger partial charge in [0.1, 0.15) is 5.75 Å². The first kappa shape index (κ1) is 19.2. The topological polar surface area (TPSA) is 58.6 Å². The molecule has 3 rings (SSSR count). The Hall–Kier alpha value is -2.53. The van der Waals surface area contributed by atoms with Gasteiger partial charge in [-0.15, -0.1) is 0 Å². The van der Waals surface area contributed by atoms with Crippen molar-refractivity contribution in [1.82, 2.24) is 0 Å². The molecular weight excluding hydrogens is 364 g/mol. The van der Waals surface area contributed by atoms with Crippen LogP contribution in [0.3, 0.4) is 0 Å². The molecule has 0 spiro atoms. The first-order chi connectivity index (χ1) is 12.8. The third kappa shape index (κ3) is 3.93. The molecule has 1 fully saturated rings. The van der Waals surface area contributed by atoms with Gasteiger partial charge >= 0.3 is 0 Å². The standard InChI is InChI=1S/C21H23ClN2O3/c1-12-7-13(2)20(14(3)8-12)23-21(26)15-9-19(25)24(11-15)16-5-6-18(27-4)17(22)10-16/h5-8,10,15H,9,11H2,1-4H3,(H,23,26). The van der Waals surface area contributed by atoms with Crippen molar-refractivity contribution in [2.24, 2.45) is 5.92 Å². The van der Waals surface area contributed by atoms with Gasteiger partial charge in [-0.2, -0.15) is 0 Å². The molecule has 0 saturated carbocycles. The number of benzene rings is 2. The molecule has 0 aromatic heterocycles. The second kappa shape index (κ2) is 7.61. The average Bonchev–Trinajstić information content (AvgIpc) is 2.99. The van der Waals surface area contributed by atoms with Gasteiger partial charge in [-0.3, -0.25) is 9.59 Å². The van der Waals surface area contributed by atoms with Crippen molar-refractivity contribution in [2.75, 3.05) is 23.9 Å². The van der Waals surface area contributed by atoms with E-state index in [1.807, 2.05) is 32.9 Å².